The normalized spacial score (nSPS) is 13.3. The zero-order valence-electron chi connectivity index (χ0n) is 12.7. The number of carbonyl (C=O) groups is 1. The molecule has 0 aliphatic rings. The number of hydrogen-bond donors (Lipinski definition) is 1. The summed E-state index contributed by atoms with van der Waals surface area (Å²) in [4.78, 5) is 12.2. The van der Waals surface area contributed by atoms with Gasteiger partial charge in [0.15, 0.2) is 6.29 Å². The van der Waals surface area contributed by atoms with Crippen molar-refractivity contribution in [1.82, 2.24) is 0 Å². The highest BCUT2D eigenvalue weighted by atomic mass is 16.7. The van der Waals surface area contributed by atoms with E-state index in [-0.39, 0.29) is 0 Å². The van der Waals surface area contributed by atoms with Crippen LogP contribution in [0.5, 0.6) is 0 Å². The van der Waals surface area contributed by atoms with Crippen molar-refractivity contribution in [2.75, 3.05) is 14.2 Å². The van der Waals surface area contributed by atoms with Crippen LogP contribution in [0.15, 0.2) is 24.3 Å². The molecule has 0 saturated heterocycles. The van der Waals surface area contributed by atoms with Crippen molar-refractivity contribution in [3.05, 3.63) is 35.4 Å². The van der Waals surface area contributed by atoms with Gasteiger partial charge in [0.2, 0.25) is 0 Å². The molecular weight excluding hydrogens is 258 g/mol. The van der Waals surface area contributed by atoms with Crippen LogP contribution in [0.2, 0.25) is 0 Å². The Kier molecular flexibility index (Phi) is 5.68. The van der Waals surface area contributed by atoms with Crippen LogP contribution in [-0.4, -0.2) is 32.1 Å². The fourth-order valence-corrected chi connectivity index (χ4v) is 1.84. The van der Waals surface area contributed by atoms with Gasteiger partial charge in [0.25, 0.3) is 0 Å². The molecule has 0 heterocycles. The van der Waals surface area contributed by atoms with Crippen molar-refractivity contribution >= 4 is 5.97 Å². The van der Waals surface area contributed by atoms with Crippen molar-refractivity contribution in [2.24, 2.45) is 5.73 Å². The molecule has 2 N–H and O–H groups in total. The van der Waals surface area contributed by atoms with Gasteiger partial charge in [-0.25, -0.2) is 4.79 Å². The lowest BCUT2D eigenvalue weighted by Gasteiger charge is -2.25. The van der Waals surface area contributed by atoms with Gasteiger partial charge in [-0.1, -0.05) is 18.2 Å². The monoisotopic (exact) mass is 281 g/mol. The van der Waals surface area contributed by atoms with Crippen LogP contribution in [0.3, 0.4) is 0 Å². The molecule has 0 spiro atoms. The number of benzene rings is 1. The maximum absolute atomic E-state index is 12.2. The molecule has 1 rings (SSSR count). The van der Waals surface area contributed by atoms with E-state index < -0.39 is 23.9 Å². The van der Waals surface area contributed by atoms with E-state index in [1.807, 2.05) is 26.8 Å². The van der Waals surface area contributed by atoms with Gasteiger partial charge >= 0.3 is 5.97 Å². The SMILES string of the molecule is COC(OC)[C@H](N)c1ccccc1C(=O)OC(C)(C)C. The number of esters is 1. The van der Waals surface area contributed by atoms with Crippen molar-refractivity contribution in [1.29, 1.82) is 0 Å². The van der Waals surface area contributed by atoms with Crippen LogP contribution in [0.25, 0.3) is 0 Å². The summed E-state index contributed by atoms with van der Waals surface area (Å²) in [6, 6.07) is 6.46. The van der Waals surface area contributed by atoms with E-state index in [1.54, 1.807) is 18.2 Å². The van der Waals surface area contributed by atoms with E-state index in [1.165, 1.54) is 14.2 Å². The predicted molar refractivity (Wildman–Crippen MR) is 76.3 cm³/mol. The van der Waals surface area contributed by atoms with Gasteiger partial charge in [0, 0.05) is 14.2 Å². The molecule has 0 saturated carbocycles. The lowest BCUT2D eigenvalue weighted by Crippen LogP contribution is -2.32. The number of methoxy groups -OCH3 is 2. The minimum absolute atomic E-state index is 0.408. The zero-order chi connectivity index (χ0) is 15.3. The number of hydrogen-bond acceptors (Lipinski definition) is 5. The van der Waals surface area contributed by atoms with Gasteiger partial charge in [-0.05, 0) is 32.4 Å². The second kappa shape index (κ2) is 6.83. The van der Waals surface area contributed by atoms with Gasteiger partial charge in [-0.15, -0.1) is 0 Å². The molecule has 0 aliphatic heterocycles. The van der Waals surface area contributed by atoms with Crippen LogP contribution in [0.1, 0.15) is 42.7 Å². The standard InChI is InChI=1S/C15H23NO4/c1-15(2,3)20-13(17)11-9-7-6-8-10(11)12(16)14(18-4)19-5/h6-9,12,14H,16H2,1-5H3/t12-/m1/s1. The Morgan fingerprint density at radius 2 is 1.70 bits per heavy atom. The molecule has 1 aromatic carbocycles. The molecule has 0 aromatic heterocycles. The molecule has 0 bridgehead atoms. The Morgan fingerprint density at radius 1 is 1.15 bits per heavy atom. The largest absolute Gasteiger partial charge is 0.456 e. The fraction of sp³-hybridized carbons (Fsp3) is 0.533. The van der Waals surface area contributed by atoms with Crippen molar-refractivity contribution < 1.29 is 19.0 Å². The Morgan fingerprint density at radius 3 is 2.20 bits per heavy atom. The van der Waals surface area contributed by atoms with E-state index in [2.05, 4.69) is 0 Å². The molecule has 1 aromatic rings. The highest BCUT2D eigenvalue weighted by Gasteiger charge is 2.26. The van der Waals surface area contributed by atoms with E-state index in [0.717, 1.165) is 0 Å². The first kappa shape index (κ1) is 16.6. The van der Waals surface area contributed by atoms with Gasteiger partial charge in [0.1, 0.15) is 5.60 Å². The molecule has 5 nitrogen and oxygen atoms in total. The van der Waals surface area contributed by atoms with E-state index in [4.69, 9.17) is 19.9 Å². The first-order valence-corrected chi connectivity index (χ1v) is 6.43. The first-order valence-electron chi connectivity index (χ1n) is 6.43. The third kappa shape index (κ3) is 4.30. The first-order chi connectivity index (χ1) is 9.30. The van der Waals surface area contributed by atoms with Gasteiger partial charge in [-0.3, -0.25) is 0 Å². The second-order valence-corrected chi connectivity index (χ2v) is 5.45. The van der Waals surface area contributed by atoms with Crippen molar-refractivity contribution in [3.8, 4) is 0 Å². The summed E-state index contributed by atoms with van der Waals surface area (Å²) >= 11 is 0. The highest BCUT2D eigenvalue weighted by Crippen LogP contribution is 2.23. The topological polar surface area (TPSA) is 70.8 Å². The summed E-state index contributed by atoms with van der Waals surface area (Å²) < 4.78 is 15.7. The van der Waals surface area contributed by atoms with E-state index in [9.17, 15) is 4.79 Å². The van der Waals surface area contributed by atoms with Gasteiger partial charge in [-0.2, -0.15) is 0 Å². The molecular formula is C15H23NO4. The van der Waals surface area contributed by atoms with Crippen LogP contribution < -0.4 is 5.73 Å². The average Bonchev–Trinajstić information content (AvgIpc) is 2.38. The molecule has 0 unspecified atom stereocenters. The van der Waals surface area contributed by atoms with E-state index >= 15 is 0 Å². The smallest absolute Gasteiger partial charge is 0.338 e. The average molecular weight is 281 g/mol. The molecule has 5 heteroatoms. The molecule has 1 atom stereocenters. The minimum Gasteiger partial charge on any atom is -0.456 e. The van der Waals surface area contributed by atoms with Crippen molar-refractivity contribution in [3.63, 3.8) is 0 Å². The number of ether oxygens (including phenoxy) is 3. The lowest BCUT2D eigenvalue weighted by atomic mass is 10.00. The molecule has 112 valence electrons. The minimum atomic E-state index is -0.626. The number of nitrogens with two attached hydrogens (primary N) is 1. The maximum atomic E-state index is 12.2. The summed E-state index contributed by atoms with van der Waals surface area (Å²) in [6.45, 7) is 5.46. The summed E-state index contributed by atoms with van der Waals surface area (Å²) in [7, 11) is 3.01. The van der Waals surface area contributed by atoms with Crippen LogP contribution in [0.4, 0.5) is 0 Å². The van der Waals surface area contributed by atoms with Crippen LogP contribution >= 0.6 is 0 Å². The number of carbonyl (C=O) groups excluding carboxylic acids is 1. The molecule has 0 fully saturated rings. The summed E-state index contributed by atoms with van der Waals surface area (Å²) in [6.07, 6.45) is -0.626. The molecule has 0 aliphatic carbocycles. The Hall–Kier alpha value is -1.43. The third-order valence-electron chi connectivity index (χ3n) is 2.70. The highest BCUT2D eigenvalue weighted by molar-refractivity contribution is 5.91. The van der Waals surface area contributed by atoms with Crippen LogP contribution in [-0.2, 0) is 14.2 Å². The summed E-state index contributed by atoms with van der Waals surface area (Å²) in [5, 5.41) is 0. The van der Waals surface area contributed by atoms with Crippen LogP contribution in [0, 0.1) is 0 Å². The quantitative estimate of drug-likeness (QED) is 0.662. The predicted octanol–water partition coefficient (Wildman–Crippen LogP) is 2.26. The van der Waals surface area contributed by atoms with Gasteiger partial charge < -0.3 is 19.9 Å². The summed E-state index contributed by atoms with van der Waals surface area (Å²) in [5.74, 6) is -0.408. The lowest BCUT2D eigenvalue weighted by molar-refractivity contribution is -0.117. The molecule has 20 heavy (non-hydrogen) atoms. The second-order valence-electron chi connectivity index (χ2n) is 5.45. The zero-order valence-corrected chi connectivity index (χ0v) is 12.7. The Balaban J connectivity index is 3.07. The molecule has 0 amide bonds. The van der Waals surface area contributed by atoms with E-state index in [0.29, 0.717) is 11.1 Å². The Labute approximate surface area is 120 Å². The Bertz CT molecular complexity index is 449. The fourth-order valence-electron chi connectivity index (χ4n) is 1.84. The third-order valence-corrected chi connectivity index (χ3v) is 2.70. The van der Waals surface area contributed by atoms with Crippen molar-refractivity contribution in [2.45, 2.75) is 38.7 Å². The summed E-state index contributed by atoms with van der Waals surface area (Å²) in [5.41, 5.74) is 6.61. The maximum Gasteiger partial charge on any atom is 0.338 e. The number of rotatable bonds is 5. The molecule has 0 radical (unpaired) electrons. The van der Waals surface area contributed by atoms with Gasteiger partial charge in [0.05, 0.1) is 11.6 Å².